The second kappa shape index (κ2) is 11.2. The molecule has 0 saturated carbocycles. The molecule has 4 aromatic carbocycles. The Morgan fingerprint density at radius 3 is 1.53 bits per heavy atom. The fraction of sp³-hybridized carbons (Fsp3) is 0.0667. The molecule has 6 rings (SSSR count). The molecular weight excluding hydrogens is 551 g/mol. The summed E-state index contributed by atoms with van der Waals surface area (Å²) in [5.41, 5.74) is 6.10. The van der Waals surface area contributed by atoms with Crippen molar-refractivity contribution in [3.63, 3.8) is 0 Å². The average Bonchev–Trinajstić information content (AvgIpc) is 3.51. The van der Waals surface area contributed by atoms with Crippen molar-refractivity contribution in [3.8, 4) is 11.1 Å². The van der Waals surface area contributed by atoms with Crippen molar-refractivity contribution in [1.82, 2.24) is 0 Å². The van der Waals surface area contributed by atoms with E-state index in [-0.39, 0.29) is 24.8 Å². The first kappa shape index (κ1) is 25.1. The van der Waals surface area contributed by atoms with Crippen LogP contribution in [0.4, 0.5) is 0 Å². The Morgan fingerprint density at radius 2 is 1.06 bits per heavy atom. The van der Waals surface area contributed by atoms with Crippen LogP contribution in [0.5, 0.6) is 0 Å². The summed E-state index contributed by atoms with van der Waals surface area (Å²) >= 11 is -2.25. The van der Waals surface area contributed by atoms with Gasteiger partial charge in [0.25, 0.3) is 0 Å². The molecule has 2 aliphatic carbocycles. The van der Waals surface area contributed by atoms with Gasteiger partial charge in [0.1, 0.15) is 0 Å². The molecule has 0 unspecified atom stereocenters. The number of fused-ring (bicyclic) bond motifs is 3. The number of hydrogen-bond donors (Lipinski definition) is 0. The van der Waals surface area contributed by atoms with Gasteiger partial charge in [-0.2, -0.15) is 0 Å². The van der Waals surface area contributed by atoms with Gasteiger partial charge in [-0.25, -0.2) is 0 Å². The van der Waals surface area contributed by atoms with Crippen LogP contribution < -0.4 is 35.2 Å². The first-order chi connectivity index (χ1) is 15.9. The summed E-state index contributed by atoms with van der Waals surface area (Å²) in [6.45, 7) is 0. The van der Waals surface area contributed by atoms with E-state index < -0.39 is 26.8 Å². The van der Waals surface area contributed by atoms with Crippen molar-refractivity contribution in [3.05, 3.63) is 142 Å². The zero-order valence-electron chi connectivity index (χ0n) is 18.7. The van der Waals surface area contributed by atoms with Gasteiger partial charge in [0.05, 0.1) is 0 Å². The van der Waals surface area contributed by atoms with Gasteiger partial charge in [0, 0.05) is 0 Å². The standard InChI is InChI=1S/C13H9.C12H11Si.C5H5.2ClH.Zr/c1-3-7-12-10(5-1)9-11-6-2-4-8-13(11)12;1-3-7-11(8-4-1)13-12-9-5-2-6-10-12;1-2-4-5-3-1;;;/h1-9H;1-10,13H;1-3H,4H2;2*1H;/q;;;;;+2/p-2. The summed E-state index contributed by atoms with van der Waals surface area (Å²) in [6, 6.07) is 41.4. The van der Waals surface area contributed by atoms with Gasteiger partial charge < -0.3 is 24.8 Å². The molecule has 0 radical (unpaired) electrons. The molecule has 34 heavy (non-hydrogen) atoms. The van der Waals surface area contributed by atoms with Crippen LogP contribution in [0.25, 0.3) is 11.1 Å². The van der Waals surface area contributed by atoms with E-state index in [2.05, 4.69) is 127 Å². The average molecular weight is 576 g/mol. The molecule has 0 aromatic heterocycles. The van der Waals surface area contributed by atoms with Crippen LogP contribution in [0.2, 0.25) is 0 Å². The van der Waals surface area contributed by atoms with Crippen molar-refractivity contribution in [2.24, 2.45) is 0 Å². The number of benzene rings is 4. The molecule has 0 spiro atoms. The van der Waals surface area contributed by atoms with E-state index in [1.807, 2.05) is 0 Å². The quantitative estimate of drug-likeness (QED) is 0.289. The van der Waals surface area contributed by atoms with E-state index in [1.165, 1.54) is 11.1 Å². The van der Waals surface area contributed by atoms with E-state index in [0.717, 1.165) is 6.42 Å². The maximum atomic E-state index is 2.49. The minimum Gasteiger partial charge on any atom is -1.00 e. The second-order valence-electron chi connectivity index (χ2n) is 8.64. The zero-order valence-corrected chi connectivity index (χ0v) is 23.9. The summed E-state index contributed by atoms with van der Waals surface area (Å²) in [5.74, 6) is -1.40. The summed E-state index contributed by atoms with van der Waals surface area (Å²) in [7, 11) is 0. The largest absolute Gasteiger partial charge is 1.00 e. The van der Waals surface area contributed by atoms with Gasteiger partial charge in [-0.1, -0.05) is 0 Å². The third-order valence-electron chi connectivity index (χ3n) is 6.86. The van der Waals surface area contributed by atoms with Gasteiger partial charge >= 0.3 is 200 Å². The topological polar surface area (TPSA) is 0 Å². The number of rotatable bonds is 5. The molecule has 4 heteroatoms. The molecule has 0 saturated heterocycles. The van der Waals surface area contributed by atoms with Crippen LogP contribution >= 0.6 is 0 Å². The number of hydrogen-bond acceptors (Lipinski definition) is 0. The smallest absolute Gasteiger partial charge is 1.00 e. The number of halogens is 2. The summed E-state index contributed by atoms with van der Waals surface area (Å²) in [4.78, 5) is 0. The van der Waals surface area contributed by atoms with Crippen LogP contribution in [0, 0.1) is 0 Å². The van der Waals surface area contributed by atoms with Crippen molar-refractivity contribution in [2.75, 3.05) is 0 Å². The van der Waals surface area contributed by atoms with Gasteiger partial charge in [-0.3, -0.25) is 0 Å². The zero-order chi connectivity index (χ0) is 21.3. The van der Waals surface area contributed by atoms with Crippen molar-refractivity contribution < 1.29 is 45.7 Å². The third kappa shape index (κ3) is 4.50. The van der Waals surface area contributed by atoms with Gasteiger partial charge in [0.15, 0.2) is 0 Å². The maximum Gasteiger partial charge on any atom is -1.00 e. The minimum absolute atomic E-state index is 0. The molecule has 0 atom stereocenters. The maximum absolute atomic E-state index is 2.49. The molecule has 0 fully saturated rings. The Kier molecular flexibility index (Phi) is 8.27. The van der Waals surface area contributed by atoms with Crippen LogP contribution in [-0.4, -0.2) is 5.92 Å². The normalized spacial score (nSPS) is 13.5. The third-order valence-corrected chi connectivity index (χ3v) is 29.0. The monoisotopic (exact) mass is 573 g/mol. The van der Waals surface area contributed by atoms with Gasteiger partial charge in [0.2, 0.25) is 0 Å². The Morgan fingerprint density at radius 1 is 0.588 bits per heavy atom. The van der Waals surface area contributed by atoms with E-state index in [0.29, 0.717) is 3.63 Å². The van der Waals surface area contributed by atoms with Crippen LogP contribution in [0.3, 0.4) is 0 Å². The van der Waals surface area contributed by atoms with Gasteiger partial charge in [-0.15, -0.1) is 0 Å². The summed E-state index contributed by atoms with van der Waals surface area (Å²) < 4.78 is 2.38. The fourth-order valence-electron chi connectivity index (χ4n) is 5.53. The van der Waals surface area contributed by atoms with E-state index >= 15 is 0 Å². The van der Waals surface area contributed by atoms with Crippen LogP contribution in [-0.2, 0) is 20.9 Å². The first-order valence-corrected chi connectivity index (χ1v) is 20.1. The predicted octanol–water partition coefficient (Wildman–Crippen LogP) is -0.235. The number of allylic oxidation sites excluding steroid dienone is 4. The van der Waals surface area contributed by atoms with Crippen molar-refractivity contribution in [2.45, 2.75) is 10.0 Å². The summed E-state index contributed by atoms with van der Waals surface area (Å²) in [5, 5.41) is 3.23. The van der Waals surface area contributed by atoms with Crippen molar-refractivity contribution in [1.29, 1.82) is 0 Å². The molecule has 0 bridgehead atoms. The molecule has 0 amide bonds. The molecule has 0 aliphatic heterocycles. The van der Waals surface area contributed by atoms with Crippen LogP contribution in [0.15, 0.2) is 131 Å². The van der Waals surface area contributed by atoms with E-state index in [9.17, 15) is 0 Å². The van der Waals surface area contributed by atoms with Gasteiger partial charge in [-0.05, 0) is 0 Å². The van der Waals surface area contributed by atoms with Crippen molar-refractivity contribution >= 4 is 16.3 Å². The molecule has 2 aliphatic rings. The SMILES string of the molecule is C1=CC[C]([Zr+2]([CH]2c3ccccc3-c3ccccc32)[SiH](c2ccccc2)c2ccccc2)=C1.[Cl-].[Cl-]. The molecule has 0 nitrogen and oxygen atoms in total. The van der Waals surface area contributed by atoms with E-state index in [1.54, 1.807) is 24.8 Å². The second-order valence-corrected chi connectivity index (χ2v) is 24.0. The first-order valence-electron chi connectivity index (χ1n) is 11.4. The van der Waals surface area contributed by atoms with Crippen LogP contribution in [0.1, 0.15) is 21.2 Å². The minimum atomic E-state index is -2.25. The Balaban J connectivity index is 0.00000137. The molecular formula is C30H25Cl2SiZr. The fourth-order valence-corrected chi connectivity index (χ4v) is 30.6. The molecule has 0 N–H and O–H groups in total. The Bertz CT molecular complexity index is 1230. The Hall–Kier alpha value is -1.96. The molecule has 0 heterocycles. The molecule has 167 valence electrons. The summed E-state index contributed by atoms with van der Waals surface area (Å²) in [6.07, 6.45) is 8.33. The van der Waals surface area contributed by atoms with E-state index in [4.69, 9.17) is 0 Å². The Labute approximate surface area is 223 Å². The molecule has 4 aromatic rings. The predicted molar refractivity (Wildman–Crippen MR) is 135 cm³/mol.